The molecule has 1 aromatic carbocycles. The molecule has 0 aliphatic carbocycles. The number of benzene rings is 1. The number of fused-ring (bicyclic) bond motifs is 1. The van der Waals surface area contributed by atoms with E-state index in [9.17, 15) is 9.59 Å². The first kappa shape index (κ1) is 16.5. The Morgan fingerprint density at radius 1 is 1.42 bits per heavy atom. The van der Waals surface area contributed by atoms with Gasteiger partial charge in [-0.2, -0.15) is 0 Å². The molecule has 1 aliphatic rings. The Morgan fingerprint density at radius 3 is 2.83 bits per heavy atom. The van der Waals surface area contributed by atoms with Crippen molar-refractivity contribution in [2.75, 3.05) is 18.6 Å². The van der Waals surface area contributed by atoms with Gasteiger partial charge in [-0.05, 0) is 40.2 Å². The fourth-order valence-electron chi connectivity index (χ4n) is 2.76. The van der Waals surface area contributed by atoms with Gasteiger partial charge in [-0.1, -0.05) is 6.58 Å². The molecule has 1 aromatic heterocycles. The zero-order chi connectivity index (χ0) is 17.3. The highest BCUT2D eigenvalue weighted by Gasteiger charge is 2.30. The number of nitrogens with one attached hydrogen (secondary N) is 2. The maximum absolute atomic E-state index is 12.2. The van der Waals surface area contributed by atoms with E-state index in [1.165, 1.54) is 6.08 Å². The zero-order valence-corrected chi connectivity index (χ0v) is 14.4. The normalized spacial score (nSPS) is 14.3. The Hall–Kier alpha value is -2.32. The van der Waals surface area contributed by atoms with Crippen molar-refractivity contribution in [1.29, 1.82) is 0 Å². The molecule has 126 valence electrons. The van der Waals surface area contributed by atoms with Gasteiger partial charge >= 0.3 is 0 Å². The summed E-state index contributed by atoms with van der Waals surface area (Å²) in [7, 11) is 0. The van der Waals surface area contributed by atoms with E-state index in [1.54, 1.807) is 17.0 Å². The number of carbonyl (C=O) groups is 2. The van der Waals surface area contributed by atoms with E-state index >= 15 is 0 Å². The number of anilines is 1. The quantitative estimate of drug-likeness (QED) is 0.534. The van der Waals surface area contributed by atoms with E-state index < -0.39 is 0 Å². The van der Waals surface area contributed by atoms with Gasteiger partial charge in [0.1, 0.15) is 6.54 Å². The highest BCUT2D eigenvalue weighted by Crippen LogP contribution is 2.28. The Labute approximate surface area is 147 Å². The number of likely N-dealkylation sites (tertiary alicyclic amines) is 1. The summed E-state index contributed by atoms with van der Waals surface area (Å²) in [6.45, 7) is 4.65. The van der Waals surface area contributed by atoms with Crippen molar-refractivity contribution < 1.29 is 14.8 Å². The van der Waals surface area contributed by atoms with Crippen LogP contribution in [0.25, 0.3) is 10.9 Å². The van der Waals surface area contributed by atoms with Crippen molar-refractivity contribution >= 4 is 44.3 Å². The first-order valence-electron chi connectivity index (χ1n) is 7.41. The molecule has 0 unspecified atom stereocenters. The minimum absolute atomic E-state index is 0.0168. The molecule has 0 bridgehead atoms. The van der Waals surface area contributed by atoms with Crippen molar-refractivity contribution in [2.45, 2.75) is 12.6 Å². The highest BCUT2D eigenvalue weighted by atomic mass is 79.9. The second-order valence-corrected chi connectivity index (χ2v) is 6.51. The van der Waals surface area contributed by atoms with Crippen LogP contribution in [0.3, 0.4) is 0 Å². The average Bonchev–Trinajstić information content (AvgIpc) is 2.85. The number of carbonyl (C=O) groups excluding carboxylic acids is 2. The molecule has 3 rings (SSSR count). The van der Waals surface area contributed by atoms with Crippen LogP contribution < -0.4 is 10.8 Å². The van der Waals surface area contributed by atoms with E-state index in [-0.39, 0.29) is 24.4 Å². The van der Waals surface area contributed by atoms with Crippen molar-refractivity contribution in [1.82, 2.24) is 14.8 Å². The fraction of sp³-hybridized carbons (Fsp3) is 0.250. The van der Waals surface area contributed by atoms with Gasteiger partial charge in [-0.15, -0.1) is 0 Å². The summed E-state index contributed by atoms with van der Waals surface area (Å²) in [6.07, 6.45) is 3.11. The van der Waals surface area contributed by atoms with E-state index in [0.29, 0.717) is 18.8 Å². The highest BCUT2D eigenvalue weighted by molar-refractivity contribution is 9.10. The molecule has 2 heterocycles. The topological polar surface area (TPSA) is 86.6 Å². The van der Waals surface area contributed by atoms with Crippen molar-refractivity contribution in [3.8, 4) is 0 Å². The molecule has 1 aliphatic heterocycles. The fourth-order valence-corrected chi connectivity index (χ4v) is 3.33. The molecular weight excluding hydrogens is 376 g/mol. The van der Waals surface area contributed by atoms with Gasteiger partial charge < -0.3 is 14.8 Å². The van der Waals surface area contributed by atoms with Gasteiger partial charge in [0.05, 0.1) is 11.7 Å². The lowest BCUT2D eigenvalue weighted by molar-refractivity contribution is -0.133. The van der Waals surface area contributed by atoms with Crippen LogP contribution in [0.5, 0.6) is 0 Å². The summed E-state index contributed by atoms with van der Waals surface area (Å²) in [4.78, 5) is 25.2. The minimum Gasteiger partial charge on any atom is -0.348 e. The molecule has 0 spiro atoms. The maximum Gasteiger partial charge on any atom is 0.246 e. The smallest absolute Gasteiger partial charge is 0.246 e. The lowest BCUT2D eigenvalue weighted by atomic mass is 10.1. The molecule has 3 N–H and O–H groups in total. The van der Waals surface area contributed by atoms with Gasteiger partial charge in [-0.25, -0.2) is 0 Å². The second kappa shape index (κ2) is 6.66. The number of nitrogens with zero attached hydrogens (tertiary/aromatic N) is 2. The molecule has 0 saturated carbocycles. The van der Waals surface area contributed by atoms with Crippen LogP contribution in [0, 0.1) is 0 Å². The van der Waals surface area contributed by atoms with Crippen LogP contribution in [-0.4, -0.2) is 45.6 Å². The average molecular weight is 393 g/mol. The summed E-state index contributed by atoms with van der Waals surface area (Å²) < 4.78 is 2.68. The van der Waals surface area contributed by atoms with Gasteiger partial charge in [0.15, 0.2) is 0 Å². The third kappa shape index (κ3) is 3.15. The molecule has 1 saturated heterocycles. The number of amides is 2. The lowest BCUT2D eigenvalue weighted by Crippen LogP contribution is -2.61. The number of hydrogen-bond donors (Lipinski definition) is 3. The van der Waals surface area contributed by atoms with Crippen LogP contribution in [0.2, 0.25) is 0 Å². The molecule has 1 fully saturated rings. The van der Waals surface area contributed by atoms with Gasteiger partial charge in [0.2, 0.25) is 11.8 Å². The summed E-state index contributed by atoms with van der Waals surface area (Å²) in [5.41, 5.74) is 3.57. The summed E-state index contributed by atoms with van der Waals surface area (Å²) in [5, 5.41) is 12.8. The molecule has 2 amide bonds. The van der Waals surface area contributed by atoms with E-state index in [0.717, 1.165) is 15.4 Å². The number of rotatable bonds is 5. The SMILES string of the molecule is C=CC(=O)N1CC(NC(=O)Cn2cc(Br)c3cc(NO)ccc32)C1. The predicted octanol–water partition coefficient (Wildman–Crippen LogP) is 1.72. The molecule has 0 atom stereocenters. The standard InChI is InChI=1S/C16H17BrN4O3/c1-2-16(23)21-6-11(7-21)18-15(22)9-20-8-13(17)12-5-10(19-24)3-4-14(12)20/h2-5,8,11,19,24H,1,6-7,9H2,(H,18,22). The Kier molecular flexibility index (Phi) is 4.59. The summed E-state index contributed by atoms with van der Waals surface area (Å²) in [6, 6.07) is 5.34. The Morgan fingerprint density at radius 2 is 2.17 bits per heavy atom. The third-order valence-corrected chi connectivity index (χ3v) is 4.64. The van der Waals surface area contributed by atoms with E-state index in [2.05, 4.69) is 33.3 Å². The molecule has 2 aromatic rings. The van der Waals surface area contributed by atoms with Crippen molar-refractivity contribution in [2.24, 2.45) is 0 Å². The van der Waals surface area contributed by atoms with Crippen LogP contribution in [0.1, 0.15) is 0 Å². The van der Waals surface area contributed by atoms with Crippen molar-refractivity contribution in [3.63, 3.8) is 0 Å². The predicted molar refractivity (Wildman–Crippen MR) is 93.8 cm³/mol. The lowest BCUT2D eigenvalue weighted by Gasteiger charge is -2.38. The zero-order valence-electron chi connectivity index (χ0n) is 12.8. The van der Waals surface area contributed by atoms with Crippen LogP contribution in [0.15, 0.2) is 41.5 Å². The third-order valence-electron chi connectivity index (χ3n) is 4.01. The molecular formula is C16H17BrN4O3. The van der Waals surface area contributed by atoms with Crippen molar-refractivity contribution in [3.05, 3.63) is 41.5 Å². The first-order valence-corrected chi connectivity index (χ1v) is 8.20. The van der Waals surface area contributed by atoms with E-state index in [1.807, 2.05) is 16.8 Å². The first-order chi connectivity index (χ1) is 11.5. The molecule has 7 nitrogen and oxygen atoms in total. The minimum atomic E-state index is -0.117. The van der Waals surface area contributed by atoms with Gasteiger partial charge in [-0.3, -0.25) is 20.3 Å². The van der Waals surface area contributed by atoms with Crippen LogP contribution in [-0.2, 0) is 16.1 Å². The van der Waals surface area contributed by atoms with Crippen LogP contribution in [0.4, 0.5) is 5.69 Å². The van der Waals surface area contributed by atoms with Gasteiger partial charge in [0.25, 0.3) is 0 Å². The molecule has 8 heteroatoms. The molecule has 24 heavy (non-hydrogen) atoms. The monoisotopic (exact) mass is 392 g/mol. The second-order valence-electron chi connectivity index (χ2n) is 5.66. The summed E-state index contributed by atoms with van der Waals surface area (Å²) in [5.74, 6) is -0.228. The van der Waals surface area contributed by atoms with Crippen LogP contribution >= 0.6 is 15.9 Å². The van der Waals surface area contributed by atoms with E-state index in [4.69, 9.17) is 5.21 Å². The number of hydrogen-bond acceptors (Lipinski definition) is 4. The summed E-state index contributed by atoms with van der Waals surface area (Å²) >= 11 is 3.46. The van der Waals surface area contributed by atoms with Gasteiger partial charge in [0, 0.05) is 34.7 Å². The molecule has 0 radical (unpaired) electrons. The number of aromatic nitrogens is 1. The largest absolute Gasteiger partial charge is 0.348 e. The Bertz CT molecular complexity index is 811. The Balaban J connectivity index is 1.64. The number of halogens is 1. The maximum atomic E-state index is 12.2.